The SMILES string of the molecule is CCN(CC)c1nc(-c2ccc(OCCCC(=O)NC3CCN(Cc4ccc(Cl)c(Cl)c4)CC3)cc2)cs1.O=C(O)C(F)(F)F. The first-order chi connectivity index (χ1) is 21.4. The van der Waals surface area contributed by atoms with Gasteiger partial charge >= 0.3 is 12.1 Å². The summed E-state index contributed by atoms with van der Waals surface area (Å²) in [4.78, 5) is 30.8. The zero-order valence-corrected chi connectivity index (χ0v) is 27.4. The van der Waals surface area contributed by atoms with Crippen LogP contribution >= 0.6 is 34.5 Å². The molecule has 0 atom stereocenters. The lowest BCUT2D eigenvalue weighted by atomic mass is 10.0. The van der Waals surface area contributed by atoms with Crippen LogP contribution in [0.4, 0.5) is 18.3 Å². The van der Waals surface area contributed by atoms with E-state index in [-0.39, 0.29) is 11.9 Å². The molecule has 2 N–H and O–H groups in total. The number of carbonyl (C=O) groups is 2. The molecule has 0 bridgehead atoms. The molecule has 4 rings (SSSR count). The molecule has 1 aliphatic rings. The van der Waals surface area contributed by atoms with E-state index in [2.05, 4.69) is 34.3 Å². The molecule has 0 spiro atoms. The smallest absolute Gasteiger partial charge is 0.490 e. The number of thiazole rings is 1. The lowest BCUT2D eigenvalue weighted by Crippen LogP contribution is -2.44. The molecule has 8 nitrogen and oxygen atoms in total. The van der Waals surface area contributed by atoms with Crippen molar-refractivity contribution >= 4 is 51.5 Å². The summed E-state index contributed by atoms with van der Waals surface area (Å²) in [5.41, 5.74) is 3.22. The molecule has 1 aromatic heterocycles. The quantitative estimate of drug-likeness (QED) is 0.190. The number of anilines is 1. The number of rotatable bonds is 12. The maximum atomic E-state index is 12.4. The lowest BCUT2D eigenvalue weighted by molar-refractivity contribution is -0.192. The van der Waals surface area contributed by atoms with E-state index in [1.165, 1.54) is 0 Å². The van der Waals surface area contributed by atoms with Crippen LogP contribution in [0.25, 0.3) is 11.3 Å². The summed E-state index contributed by atoms with van der Waals surface area (Å²) in [6, 6.07) is 14.0. The number of piperidine rings is 1. The van der Waals surface area contributed by atoms with Gasteiger partial charge in [-0.2, -0.15) is 13.2 Å². The van der Waals surface area contributed by atoms with Crippen LogP contribution < -0.4 is 15.0 Å². The highest BCUT2D eigenvalue weighted by atomic mass is 35.5. The highest BCUT2D eigenvalue weighted by molar-refractivity contribution is 7.14. The van der Waals surface area contributed by atoms with Gasteiger partial charge in [-0.05, 0) is 75.1 Å². The van der Waals surface area contributed by atoms with Crippen LogP contribution in [0.1, 0.15) is 45.1 Å². The lowest BCUT2D eigenvalue weighted by Gasteiger charge is -2.32. The monoisotopic (exact) mass is 688 g/mol. The summed E-state index contributed by atoms with van der Waals surface area (Å²) < 4.78 is 37.6. The van der Waals surface area contributed by atoms with E-state index in [9.17, 15) is 18.0 Å². The average Bonchev–Trinajstić information content (AvgIpc) is 3.49. The second-order valence-electron chi connectivity index (χ2n) is 10.3. The van der Waals surface area contributed by atoms with E-state index in [1.807, 2.05) is 42.5 Å². The van der Waals surface area contributed by atoms with E-state index >= 15 is 0 Å². The highest BCUT2D eigenvalue weighted by Crippen LogP contribution is 2.29. The number of amides is 1. The summed E-state index contributed by atoms with van der Waals surface area (Å²) in [7, 11) is 0. The number of carbonyl (C=O) groups excluding carboxylic acids is 1. The molecule has 3 aromatic rings. The number of nitrogens with zero attached hydrogens (tertiary/aromatic N) is 3. The van der Waals surface area contributed by atoms with Gasteiger partial charge in [0.15, 0.2) is 5.13 Å². The van der Waals surface area contributed by atoms with Gasteiger partial charge in [-0.15, -0.1) is 11.3 Å². The number of aromatic nitrogens is 1. The maximum Gasteiger partial charge on any atom is 0.490 e. The van der Waals surface area contributed by atoms with Gasteiger partial charge in [-0.1, -0.05) is 29.3 Å². The second kappa shape index (κ2) is 17.6. The van der Waals surface area contributed by atoms with Gasteiger partial charge in [0.1, 0.15) is 5.75 Å². The van der Waals surface area contributed by atoms with Crippen molar-refractivity contribution in [2.24, 2.45) is 0 Å². The van der Waals surface area contributed by atoms with E-state index in [1.54, 1.807) is 11.3 Å². The van der Waals surface area contributed by atoms with Gasteiger partial charge in [-0.3, -0.25) is 9.69 Å². The largest absolute Gasteiger partial charge is 0.494 e. The Kier molecular flexibility index (Phi) is 14.2. The number of alkyl halides is 3. The van der Waals surface area contributed by atoms with E-state index < -0.39 is 12.1 Å². The Morgan fingerprint density at radius 1 is 1.09 bits per heavy atom. The van der Waals surface area contributed by atoms with E-state index in [0.717, 1.165) is 73.3 Å². The Bertz CT molecular complexity index is 1380. The molecule has 0 aliphatic carbocycles. The summed E-state index contributed by atoms with van der Waals surface area (Å²) in [5, 5.41) is 14.6. The Balaban J connectivity index is 0.000000707. The molecule has 1 amide bonds. The number of aliphatic carboxylic acids is 1. The topological polar surface area (TPSA) is 95.0 Å². The molecule has 45 heavy (non-hydrogen) atoms. The first-order valence-electron chi connectivity index (χ1n) is 14.6. The highest BCUT2D eigenvalue weighted by Gasteiger charge is 2.38. The van der Waals surface area contributed by atoms with Crippen LogP contribution in [0, 0.1) is 0 Å². The van der Waals surface area contributed by atoms with Crippen LogP contribution in [0.2, 0.25) is 10.0 Å². The van der Waals surface area contributed by atoms with Crippen molar-refractivity contribution in [1.29, 1.82) is 0 Å². The Morgan fingerprint density at radius 2 is 1.73 bits per heavy atom. The molecule has 246 valence electrons. The first kappa shape index (κ1) is 36.4. The van der Waals surface area contributed by atoms with E-state index in [4.69, 9.17) is 42.8 Å². The van der Waals surface area contributed by atoms with Gasteiger partial charge in [-0.25, -0.2) is 9.78 Å². The Morgan fingerprint density at radius 3 is 2.31 bits per heavy atom. The number of carboxylic acids is 1. The van der Waals surface area contributed by atoms with Crippen LogP contribution in [-0.4, -0.2) is 71.9 Å². The predicted octanol–water partition coefficient (Wildman–Crippen LogP) is 7.54. The molecular weight excluding hydrogens is 652 g/mol. The number of carboxylic acid groups (broad SMARTS) is 1. The minimum Gasteiger partial charge on any atom is -0.494 e. The molecule has 14 heteroatoms. The normalized spacial score (nSPS) is 13.9. The van der Waals surface area contributed by atoms with Gasteiger partial charge in [0.05, 0.1) is 22.3 Å². The molecule has 1 saturated heterocycles. The number of nitrogens with one attached hydrogen (secondary N) is 1. The van der Waals surface area contributed by atoms with Crippen molar-refractivity contribution in [2.45, 2.75) is 58.3 Å². The van der Waals surface area contributed by atoms with Crippen molar-refractivity contribution in [3.05, 3.63) is 63.5 Å². The third kappa shape index (κ3) is 12.0. The van der Waals surface area contributed by atoms with Crippen molar-refractivity contribution in [3.63, 3.8) is 0 Å². The van der Waals surface area contributed by atoms with Crippen LogP contribution in [-0.2, 0) is 16.1 Å². The molecule has 1 fully saturated rings. The first-order valence-corrected chi connectivity index (χ1v) is 16.2. The molecular formula is C31H37Cl2F3N4O4S. The fourth-order valence-corrected chi connectivity index (χ4v) is 5.90. The Labute approximate surface area is 275 Å². The second-order valence-corrected chi connectivity index (χ2v) is 12.0. The summed E-state index contributed by atoms with van der Waals surface area (Å²) >= 11 is 13.8. The number of hydrogen-bond donors (Lipinski definition) is 2. The molecule has 1 aliphatic heterocycles. The van der Waals surface area contributed by atoms with Gasteiger partial charge in [0.25, 0.3) is 0 Å². The molecule has 2 aromatic carbocycles. The van der Waals surface area contributed by atoms with Crippen molar-refractivity contribution < 1.29 is 32.6 Å². The van der Waals surface area contributed by atoms with Gasteiger partial charge < -0.3 is 20.1 Å². The fourth-order valence-electron chi connectivity index (χ4n) is 4.61. The van der Waals surface area contributed by atoms with Crippen LogP contribution in [0.3, 0.4) is 0 Å². The summed E-state index contributed by atoms with van der Waals surface area (Å²) in [6.45, 7) is 9.44. The van der Waals surface area contributed by atoms with E-state index in [0.29, 0.717) is 29.5 Å². The van der Waals surface area contributed by atoms with Gasteiger partial charge in [0, 0.05) is 56.1 Å². The predicted molar refractivity (Wildman–Crippen MR) is 172 cm³/mol. The van der Waals surface area contributed by atoms with Crippen molar-refractivity contribution in [3.8, 4) is 17.0 Å². The third-order valence-electron chi connectivity index (χ3n) is 7.08. The summed E-state index contributed by atoms with van der Waals surface area (Å²) in [6.07, 6.45) is -2.03. The third-order valence-corrected chi connectivity index (χ3v) is 8.72. The van der Waals surface area contributed by atoms with Crippen molar-refractivity contribution in [2.75, 3.05) is 37.7 Å². The Hall–Kier alpha value is -3.06. The molecule has 0 saturated carbocycles. The maximum absolute atomic E-state index is 12.4. The minimum absolute atomic E-state index is 0.0967. The van der Waals surface area contributed by atoms with Crippen LogP contribution in [0.5, 0.6) is 5.75 Å². The molecule has 2 heterocycles. The minimum atomic E-state index is -5.08. The number of likely N-dealkylation sites (tertiary alicyclic amines) is 1. The molecule has 0 radical (unpaired) electrons. The molecule has 0 unspecified atom stereocenters. The zero-order chi connectivity index (χ0) is 33.0. The fraction of sp³-hybridized carbons (Fsp3) is 0.452. The summed E-state index contributed by atoms with van der Waals surface area (Å²) in [5.74, 6) is -1.85. The number of halogens is 5. The standard InChI is InChI=1S/C29H36Cl2N4O2S.C2HF3O2/c1-3-35(4-2)29-33-27(20-38-29)22-8-10-24(11-9-22)37-17-5-6-28(36)32-23-13-15-34(16-14-23)19-21-7-12-25(30)26(31)18-21;3-2(4,5)1(6)7/h7-12,18,20,23H,3-6,13-17,19H2,1-2H3,(H,32,36);(H,6,7). The average molecular weight is 690 g/mol. The van der Waals surface area contributed by atoms with Gasteiger partial charge in [0.2, 0.25) is 5.91 Å². The number of hydrogen-bond acceptors (Lipinski definition) is 7. The van der Waals surface area contributed by atoms with Crippen molar-refractivity contribution in [1.82, 2.24) is 15.2 Å². The zero-order valence-electron chi connectivity index (χ0n) is 25.1. The number of ether oxygens (including phenoxy) is 1. The van der Waals surface area contributed by atoms with Crippen LogP contribution in [0.15, 0.2) is 47.8 Å². The number of benzene rings is 2.